The van der Waals surface area contributed by atoms with Crippen LogP contribution >= 0.6 is 15.9 Å². The van der Waals surface area contributed by atoms with Crippen LogP contribution in [0.2, 0.25) is 0 Å². The Balaban J connectivity index is 2.07. The van der Waals surface area contributed by atoms with Gasteiger partial charge in [-0.1, -0.05) is 40.2 Å². The first-order chi connectivity index (χ1) is 9.15. The molecule has 1 atom stereocenters. The molecule has 0 spiro atoms. The molecule has 1 aromatic heterocycles. The molecule has 0 saturated heterocycles. The van der Waals surface area contributed by atoms with Gasteiger partial charge in [-0.3, -0.25) is 0 Å². The largest absolute Gasteiger partial charge is 0.459 e. The van der Waals surface area contributed by atoms with Gasteiger partial charge in [-0.15, -0.1) is 0 Å². The van der Waals surface area contributed by atoms with E-state index in [0.717, 1.165) is 32.3 Å². The maximum absolute atomic E-state index is 6.34. The van der Waals surface area contributed by atoms with Crippen molar-refractivity contribution in [2.24, 2.45) is 5.73 Å². The maximum Gasteiger partial charge on any atom is 0.134 e. The summed E-state index contributed by atoms with van der Waals surface area (Å²) in [7, 11) is 0. The lowest BCUT2D eigenvalue weighted by molar-refractivity contribution is 0.524. The zero-order chi connectivity index (χ0) is 13.4. The van der Waals surface area contributed by atoms with Gasteiger partial charge in [-0.2, -0.15) is 0 Å². The molecule has 19 heavy (non-hydrogen) atoms. The Hall–Kier alpha value is -1.58. The van der Waals surface area contributed by atoms with Crippen LogP contribution in [0.5, 0.6) is 0 Å². The van der Waals surface area contributed by atoms with Gasteiger partial charge < -0.3 is 10.2 Å². The molecule has 2 aromatic carbocycles. The Bertz CT molecular complexity index is 699. The summed E-state index contributed by atoms with van der Waals surface area (Å²) in [5, 5.41) is 1.08. The van der Waals surface area contributed by atoms with Crippen LogP contribution in [0.1, 0.15) is 22.9 Å². The number of para-hydroxylation sites is 1. The summed E-state index contributed by atoms with van der Waals surface area (Å²) >= 11 is 3.49. The number of rotatable bonds is 2. The van der Waals surface area contributed by atoms with Crippen molar-refractivity contribution in [2.45, 2.75) is 13.0 Å². The summed E-state index contributed by atoms with van der Waals surface area (Å²) in [6.07, 6.45) is 0. The minimum atomic E-state index is -0.245. The monoisotopic (exact) mass is 315 g/mol. The van der Waals surface area contributed by atoms with Crippen molar-refractivity contribution in [1.82, 2.24) is 0 Å². The second-order valence-corrected chi connectivity index (χ2v) is 5.58. The molecule has 0 bridgehead atoms. The van der Waals surface area contributed by atoms with E-state index in [0.29, 0.717) is 0 Å². The number of aryl methyl sites for hydroxylation is 1. The fourth-order valence-electron chi connectivity index (χ4n) is 2.26. The van der Waals surface area contributed by atoms with E-state index in [1.54, 1.807) is 0 Å². The Morgan fingerprint density at radius 3 is 2.68 bits per heavy atom. The molecule has 2 nitrogen and oxygen atoms in total. The minimum absolute atomic E-state index is 0.245. The lowest BCUT2D eigenvalue weighted by Gasteiger charge is -2.12. The summed E-state index contributed by atoms with van der Waals surface area (Å²) in [6, 6.07) is 15.8. The Kier molecular flexibility index (Phi) is 3.17. The predicted molar refractivity (Wildman–Crippen MR) is 81.1 cm³/mol. The molecule has 2 N–H and O–H groups in total. The lowest BCUT2D eigenvalue weighted by atomic mass is 10.00. The van der Waals surface area contributed by atoms with Crippen molar-refractivity contribution in [2.75, 3.05) is 0 Å². The number of hydrogen-bond donors (Lipinski definition) is 1. The van der Waals surface area contributed by atoms with E-state index in [4.69, 9.17) is 10.2 Å². The molecule has 0 aliphatic rings. The molecular weight excluding hydrogens is 302 g/mol. The van der Waals surface area contributed by atoms with Gasteiger partial charge in [0, 0.05) is 9.86 Å². The first kappa shape index (κ1) is 12.5. The van der Waals surface area contributed by atoms with E-state index < -0.39 is 0 Å². The van der Waals surface area contributed by atoms with Crippen LogP contribution in [0.25, 0.3) is 11.0 Å². The number of halogens is 1. The van der Waals surface area contributed by atoms with Crippen LogP contribution in [0.4, 0.5) is 0 Å². The standard InChI is InChI=1S/C16H14BrNO/c1-10-6-7-12(17)9-13(10)16(18)15-8-11-4-2-3-5-14(11)19-15/h2-9,16H,18H2,1H3. The molecule has 0 amide bonds. The second-order valence-electron chi connectivity index (χ2n) is 4.67. The van der Waals surface area contributed by atoms with E-state index >= 15 is 0 Å². The lowest BCUT2D eigenvalue weighted by Crippen LogP contribution is -2.12. The highest BCUT2D eigenvalue weighted by atomic mass is 79.9. The molecule has 3 aromatic rings. The van der Waals surface area contributed by atoms with E-state index in [9.17, 15) is 0 Å². The summed E-state index contributed by atoms with van der Waals surface area (Å²) in [5.41, 5.74) is 9.45. The van der Waals surface area contributed by atoms with Gasteiger partial charge >= 0.3 is 0 Å². The third kappa shape index (κ3) is 2.31. The van der Waals surface area contributed by atoms with Crippen LogP contribution in [0.3, 0.4) is 0 Å². The van der Waals surface area contributed by atoms with E-state index in [-0.39, 0.29) is 6.04 Å². The molecular formula is C16H14BrNO. The molecule has 0 saturated carbocycles. The van der Waals surface area contributed by atoms with Crippen LogP contribution < -0.4 is 5.73 Å². The molecule has 0 aliphatic carbocycles. The first-order valence-electron chi connectivity index (χ1n) is 6.15. The molecule has 1 unspecified atom stereocenters. The fraction of sp³-hybridized carbons (Fsp3) is 0.125. The number of furan rings is 1. The molecule has 1 heterocycles. The summed E-state index contributed by atoms with van der Waals surface area (Å²) in [5.74, 6) is 0.794. The van der Waals surface area contributed by atoms with Gasteiger partial charge in [0.15, 0.2) is 0 Å². The molecule has 0 radical (unpaired) electrons. The van der Waals surface area contributed by atoms with Crippen LogP contribution in [-0.4, -0.2) is 0 Å². The van der Waals surface area contributed by atoms with Gasteiger partial charge in [0.25, 0.3) is 0 Å². The third-order valence-corrected chi connectivity index (χ3v) is 3.82. The Morgan fingerprint density at radius 1 is 1.11 bits per heavy atom. The Labute approximate surface area is 120 Å². The number of benzene rings is 2. The minimum Gasteiger partial charge on any atom is -0.459 e. The van der Waals surface area contributed by atoms with Gasteiger partial charge in [0.2, 0.25) is 0 Å². The summed E-state index contributed by atoms with van der Waals surface area (Å²) in [6.45, 7) is 2.06. The zero-order valence-corrected chi connectivity index (χ0v) is 12.1. The van der Waals surface area contributed by atoms with Gasteiger partial charge in [-0.25, -0.2) is 0 Å². The van der Waals surface area contributed by atoms with Crippen molar-refractivity contribution in [3.8, 4) is 0 Å². The van der Waals surface area contributed by atoms with Gasteiger partial charge in [-0.05, 0) is 42.3 Å². The normalized spacial score (nSPS) is 12.8. The smallest absolute Gasteiger partial charge is 0.134 e. The van der Waals surface area contributed by atoms with Crippen molar-refractivity contribution in [1.29, 1.82) is 0 Å². The number of fused-ring (bicyclic) bond motifs is 1. The number of hydrogen-bond acceptors (Lipinski definition) is 2. The summed E-state index contributed by atoms with van der Waals surface area (Å²) in [4.78, 5) is 0. The van der Waals surface area contributed by atoms with Crippen molar-refractivity contribution < 1.29 is 4.42 Å². The van der Waals surface area contributed by atoms with E-state index in [2.05, 4.69) is 28.9 Å². The van der Waals surface area contributed by atoms with Crippen molar-refractivity contribution in [3.63, 3.8) is 0 Å². The molecule has 3 heteroatoms. The van der Waals surface area contributed by atoms with Gasteiger partial charge in [0.05, 0.1) is 6.04 Å². The predicted octanol–water partition coefficient (Wildman–Crippen LogP) is 4.55. The third-order valence-electron chi connectivity index (χ3n) is 3.33. The second kappa shape index (κ2) is 4.83. The maximum atomic E-state index is 6.34. The topological polar surface area (TPSA) is 39.2 Å². The highest BCUT2D eigenvalue weighted by Gasteiger charge is 2.16. The highest BCUT2D eigenvalue weighted by Crippen LogP contribution is 2.29. The molecule has 96 valence electrons. The van der Waals surface area contributed by atoms with Crippen LogP contribution in [0, 0.1) is 6.92 Å². The van der Waals surface area contributed by atoms with Gasteiger partial charge in [0.1, 0.15) is 11.3 Å². The molecule has 0 aliphatic heterocycles. The average Bonchev–Trinajstić information content (AvgIpc) is 2.84. The highest BCUT2D eigenvalue weighted by molar-refractivity contribution is 9.10. The summed E-state index contributed by atoms with van der Waals surface area (Å²) < 4.78 is 6.87. The van der Waals surface area contributed by atoms with Crippen molar-refractivity contribution >= 4 is 26.9 Å². The molecule has 3 rings (SSSR count). The quantitative estimate of drug-likeness (QED) is 0.753. The van der Waals surface area contributed by atoms with E-state index in [1.165, 1.54) is 0 Å². The van der Waals surface area contributed by atoms with Crippen LogP contribution in [0.15, 0.2) is 57.4 Å². The van der Waals surface area contributed by atoms with Crippen molar-refractivity contribution in [3.05, 3.63) is 69.9 Å². The van der Waals surface area contributed by atoms with Crippen LogP contribution in [-0.2, 0) is 0 Å². The zero-order valence-electron chi connectivity index (χ0n) is 10.6. The molecule has 0 fully saturated rings. The first-order valence-corrected chi connectivity index (χ1v) is 6.94. The van der Waals surface area contributed by atoms with E-state index in [1.807, 2.05) is 42.5 Å². The fourth-order valence-corrected chi connectivity index (χ4v) is 2.63. The number of nitrogens with two attached hydrogens (primary N) is 1. The SMILES string of the molecule is Cc1ccc(Br)cc1C(N)c1cc2ccccc2o1. The average molecular weight is 316 g/mol. The Morgan fingerprint density at radius 2 is 1.89 bits per heavy atom.